The van der Waals surface area contributed by atoms with E-state index in [-0.39, 0.29) is 29.2 Å². The van der Waals surface area contributed by atoms with Gasteiger partial charge < -0.3 is 14.4 Å². The first-order valence-corrected chi connectivity index (χ1v) is 12.2. The van der Waals surface area contributed by atoms with Crippen LogP contribution in [0.4, 0.5) is 20.2 Å². The largest absolute Gasteiger partial charge is 0.369 e. The van der Waals surface area contributed by atoms with Crippen molar-refractivity contribution in [2.24, 2.45) is 7.05 Å². The Morgan fingerprint density at radius 1 is 1.06 bits per heavy atom. The zero-order valence-electron chi connectivity index (χ0n) is 19.6. The molecule has 0 amide bonds. The summed E-state index contributed by atoms with van der Waals surface area (Å²) in [6, 6.07) is 9.77. The highest BCUT2D eigenvalue weighted by atomic mass is 35.5. The molecule has 0 unspecified atom stereocenters. The first-order valence-electron chi connectivity index (χ1n) is 11.9. The first-order chi connectivity index (χ1) is 16.8. The summed E-state index contributed by atoms with van der Waals surface area (Å²) in [6.07, 6.45) is 5.26. The molecule has 0 spiro atoms. The van der Waals surface area contributed by atoms with Crippen LogP contribution in [0.15, 0.2) is 35.1 Å². The van der Waals surface area contributed by atoms with E-state index in [2.05, 4.69) is 16.0 Å². The Morgan fingerprint density at radius 3 is 2.29 bits per heavy atom. The number of nitrogens with zero attached hydrogens (tertiary/aromatic N) is 5. The molecule has 3 aromatic rings. The van der Waals surface area contributed by atoms with Crippen LogP contribution in [-0.4, -0.2) is 34.7 Å². The van der Waals surface area contributed by atoms with Gasteiger partial charge in [-0.15, -0.1) is 0 Å². The molecule has 0 N–H and O–H groups in total. The number of aryl methyl sites for hydroxylation is 1. The van der Waals surface area contributed by atoms with Gasteiger partial charge in [0.05, 0.1) is 16.9 Å². The zero-order valence-corrected chi connectivity index (χ0v) is 20.4. The lowest BCUT2D eigenvalue weighted by Crippen LogP contribution is -2.45. The van der Waals surface area contributed by atoms with Crippen molar-refractivity contribution in [1.29, 1.82) is 5.26 Å². The third-order valence-electron chi connectivity index (χ3n) is 7.38. The molecule has 182 valence electrons. The van der Waals surface area contributed by atoms with Crippen molar-refractivity contribution in [3.63, 3.8) is 0 Å². The fraction of sp³-hybridized carbons (Fsp3) is 0.423. The number of pyridine rings is 2. The maximum Gasteiger partial charge on any atom is 0.270 e. The molecule has 35 heavy (non-hydrogen) atoms. The minimum atomic E-state index is -0.574. The Bertz CT molecular complexity index is 1390. The molecule has 2 heterocycles. The summed E-state index contributed by atoms with van der Waals surface area (Å²) in [5.74, 6) is -1.10. The molecule has 1 aromatic carbocycles. The van der Waals surface area contributed by atoms with Gasteiger partial charge in [0.15, 0.2) is 0 Å². The third-order valence-corrected chi connectivity index (χ3v) is 7.59. The fourth-order valence-electron chi connectivity index (χ4n) is 5.46. The number of anilines is 2. The lowest BCUT2D eigenvalue weighted by atomic mass is 9.88. The molecule has 0 saturated heterocycles. The number of aromatic nitrogens is 2. The summed E-state index contributed by atoms with van der Waals surface area (Å²) in [5.41, 5.74) is 1.78. The summed E-state index contributed by atoms with van der Waals surface area (Å²) in [6.45, 7) is 0. The number of hydrogen-bond acceptors (Lipinski definition) is 5. The molecule has 2 aliphatic carbocycles. The van der Waals surface area contributed by atoms with Gasteiger partial charge in [-0.3, -0.25) is 4.79 Å². The summed E-state index contributed by atoms with van der Waals surface area (Å²) in [7, 11) is 3.51. The number of halogens is 3. The number of nitriles is 1. The number of benzene rings is 1. The monoisotopic (exact) mass is 497 g/mol. The van der Waals surface area contributed by atoms with Gasteiger partial charge >= 0.3 is 0 Å². The topological polar surface area (TPSA) is 65.2 Å². The van der Waals surface area contributed by atoms with Crippen molar-refractivity contribution in [3.8, 4) is 6.07 Å². The van der Waals surface area contributed by atoms with Crippen LogP contribution in [0, 0.1) is 23.0 Å². The van der Waals surface area contributed by atoms with E-state index in [4.69, 9.17) is 11.6 Å². The molecule has 0 radical (unpaired) electrons. The number of rotatable bonds is 5. The Kier molecular flexibility index (Phi) is 6.14. The van der Waals surface area contributed by atoms with E-state index in [9.17, 15) is 18.8 Å². The second-order valence-electron chi connectivity index (χ2n) is 9.51. The van der Waals surface area contributed by atoms with Crippen LogP contribution >= 0.6 is 11.6 Å². The first kappa shape index (κ1) is 23.6. The minimum Gasteiger partial charge on any atom is -0.369 e. The van der Waals surface area contributed by atoms with Crippen LogP contribution in [-0.2, 0) is 7.05 Å². The SMILES string of the molecule is CN(c1c(C#N)c(=O)n(C)c2ccc(Cl)nc12)C1CCC(N(c2ccc(F)cc2F)C2CC2)CC1. The van der Waals surface area contributed by atoms with Gasteiger partial charge in [0.1, 0.15) is 33.9 Å². The second-order valence-corrected chi connectivity index (χ2v) is 9.90. The standard InChI is InChI=1S/C26H26ClF2N5O/c1-32(25-19(14-30)26(35)33(2)22-11-12-23(27)31-24(22)25)16-4-6-17(7-5-16)34(18-8-9-18)21-10-3-15(28)13-20(21)29/h3,10-13,16-18H,4-9H2,1-2H3. The summed E-state index contributed by atoms with van der Waals surface area (Å²) < 4.78 is 29.6. The van der Waals surface area contributed by atoms with Crippen molar-refractivity contribution < 1.29 is 8.78 Å². The van der Waals surface area contributed by atoms with Crippen LogP contribution in [0.5, 0.6) is 0 Å². The van der Waals surface area contributed by atoms with Gasteiger partial charge in [-0.05, 0) is 62.8 Å². The van der Waals surface area contributed by atoms with E-state index in [1.165, 1.54) is 10.6 Å². The van der Waals surface area contributed by atoms with E-state index in [0.717, 1.165) is 44.6 Å². The molecule has 0 bridgehead atoms. The van der Waals surface area contributed by atoms with Crippen molar-refractivity contribution in [2.45, 2.75) is 56.7 Å². The van der Waals surface area contributed by atoms with E-state index >= 15 is 0 Å². The molecule has 2 saturated carbocycles. The Morgan fingerprint density at radius 2 is 1.69 bits per heavy atom. The van der Waals surface area contributed by atoms with Crippen LogP contribution in [0.3, 0.4) is 0 Å². The van der Waals surface area contributed by atoms with E-state index < -0.39 is 11.6 Å². The molecule has 6 nitrogen and oxygen atoms in total. The average molecular weight is 498 g/mol. The van der Waals surface area contributed by atoms with Gasteiger partial charge in [0.25, 0.3) is 5.56 Å². The molecule has 9 heteroatoms. The van der Waals surface area contributed by atoms with Crippen molar-refractivity contribution in [1.82, 2.24) is 9.55 Å². The van der Waals surface area contributed by atoms with Crippen LogP contribution in [0.1, 0.15) is 44.1 Å². The van der Waals surface area contributed by atoms with Crippen LogP contribution in [0.25, 0.3) is 11.0 Å². The molecule has 2 fully saturated rings. The van der Waals surface area contributed by atoms with Gasteiger partial charge in [0.2, 0.25) is 0 Å². The molecule has 2 aromatic heterocycles. The van der Waals surface area contributed by atoms with Gasteiger partial charge in [-0.2, -0.15) is 5.26 Å². The quantitative estimate of drug-likeness (QED) is 0.456. The van der Waals surface area contributed by atoms with Gasteiger partial charge in [-0.25, -0.2) is 13.8 Å². The van der Waals surface area contributed by atoms with Crippen LogP contribution in [0.2, 0.25) is 5.15 Å². The maximum absolute atomic E-state index is 14.6. The lowest BCUT2D eigenvalue weighted by molar-refractivity contribution is 0.364. The predicted molar refractivity (Wildman–Crippen MR) is 133 cm³/mol. The normalized spacial score (nSPS) is 20.0. The van der Waals surface area contributed by atoms with Crippen molar-refractivity contribution in [3.05, 3.63) is 63.0 Å². The lowest BCUT2D eigenvalue weighted by Gasteiger charge is -2.42. The highest BCUT2D eigenvalue weighted by Crippen LogP contribution is 2.40. The molecule has 0 atom stereocenters. The Hall–Kier alpha value is -3.18. The van der Waals surface area contributed by atoms with E-state index in [0.29, 0.717) is 27.6 Å². The highest BCUT2D eigenvalue weighted by Gasteiger charge is 2.38. The van der Waals surface area contributed by atoms with Crippen molar-refractivity contribution in [2.75, 3.05) is 16.8 Å². The molecular formula is C26H26ClF2N5O. The fourth-order valence-corrected chi connectivity index (χ4v) is 5.60. The minimum absolute atomic E-state index is 0.0485. The number of fused-ring (bicyclic) bond motifs is 1. The van der Waals surface area contributed by atoms with Gasteiger partial charge in [-0.1, -0.05) is 11.6 Å². The number of hydrogen-bond donors (Lipinski definition) is 0. The molecule has 0 aliphatic heterocycles. The second kappa shape index (κ2) is 9.12. The summed E-state index contributed by atoms with van der Waals surface area (Å²) >= 11 is 6.18. The molecule has 5 rings (SSSR count). The maximum atomic E-state index is 14.6. The predicted octanol–water partition coefficient (Wildman–Crippen LogP) is 5.15. The highest BCUT2D eigenvalue weighted by molar-refractivity contribution is 6.29. The Balaban J connectivity index is 1.43. The summed E-state index contributed by atoms with van der Waals surface area (Å²) in [4.78, 5) is 21.5. The van der Waals surface area contributed by atoms with Crippen LogP contribution < -0.4 is 15.4 Å². The van der Waals surface area contributed by atoms with Gasteiger partial charge in [0, 0.05) is 38.3 Å². The zero-order chi connectivity index (χ0) is 24.9. The Labute approximate surface area is 207 Å². The van der Waals surface area contributed by atoms with E-state index in [1.54, 1.807) is 25.2 Å². The molecule has 2 aliphatic rings. The molecular weight excluding hydrogens is 472 g/mol. The van der Waals surface area contributed by atoms with Crippen molar-refractivity contribution >= 4 is 34.0 Å². The third kappa shape index (κ3) is 4.23. The smallest absolute Gasteiger partial charge is 0.270 e. The van der Waals surface area contributed by atoms with E-state index in [1.807, 2.05) is 11.9 Å². The average Bonchev–Trinajstić information content (AvgIpc) is 3.68. The summed E-state index contributed by atoms with van der Waals surface area (Å²) in [5, 5.41) is 10.1.